The van der Waals surface area contributed by atoms with Gasteiger partial charge in [-0.15, -0.1) is 0 Å². The molecule has 2 rings (SSSR count). The van der Waals surface area contributed by atoms with Crippen LogP contribution in [0.15, 0.2) is 76.4 Å². The largest absolute Gasteiger partial charge is 0.348 e. The molecule has 0 fully saturated rings. The Morgan fingerprint density at radius 2 is 1.97 bits per heavy atom. The van der Waals surface area contributed by atoms with Crippen LogP contribution in [0.25, 0.3) is 0 Å². The second-order valence-electron chi connectivity index (χ2n) is 7.54. The summed E-state index contributed by atoms with van der Waals surface area (Å²) in [4.78, 5) is 52.5. The summed E-state index contributed by atoms with van der Waals surface area (Å²) in [5, 5.41) is 8.48. The van der Waals surface area contributed by atoms with Crippen LogP contribution in [0.5, 0.6) is 0 Å². The zero-order valence-corrected chi connectivity index (χ0v) is 19.4. The summed E-state index contributed by atoms with van der Waals surface area (Å²) in [6, 6.07) is 7.51. The number of H-pyrrole nitrogens is 2. The molecule has 0 saturated heterocycles. The number of benzene rings is 1. The molecular weight excluding hydrogens is 434 g/mol. The maximum absolute atomic E-state index is 12.6. The van der Waals surface area contributed by atoms with Crippen LogP contribution < -0.4 is 27.2 Å². The highest BCUT2D eigenvalue weighted by Crippen LogP contribution is 2.15. The minimum absolute atomic E-state index is 0.158. The molecule has 0 saturated carbocycles. The van der Waals surface area contributed by atoms with Crippen LogP contribution in [0.1, 0.15) is 43.5 Å². The number of aromatic nitrogens is 2. The lowest BCUT2D eigenvalue weighted by Crippen LogP contribution is -2.42. The Kier molecular flexibility index (Phi) is 10.3. The Morgan fingerprint density at radius 3 is 2.65 bits per heavy atom. The summed E-state index contributed by atoms with van der Waals surface area (Å²) in [6.07, 6.45) is 10.1. The monoisotopic (exact) mass is 465 g/mol. The van der Waals surface area contributed by atoms with Crippen LogP contribution in [-0.4, -0.2) is 34.4 Å². The number of carbonyl (C=O) groups is 2. The lowest BCUT2D eigenvalue weighted by atomic mass is 10.00. The van der Waals surface area contributed by atoms with Gasteiger partial charge in [0, 0.05) is 17.3 Å². The molecule has 0 aliphatic heterocycles. The zero-order valence-electron chi connectivity index (χ0n) is 19.4. The number of nitrogens with one attached hydrogen (secondary N) is 5. The molecule has 2 aromatic rings. The van der Waals surface area contributed by atoms with Crippen molar-refractivity contribution in [3.05, 3.63) is 93.2 Å². The summed E-state index contributed by atoms with van der Waals surface area (Å²) in [7, 11) is 0. The Balaban J connectivity index is 2.01. The van der Waals surface area contributed by atoms with Crippen LogP contribution >= 0.6 is 0 Å². The van der Waals surface area contributed by atoms with E-state index in [4.69, 9.17) is 0 Å². The Bertz CT molecular complexity index is 1150. The first-order valence-electron chi connectivity index (χ1n) is 11.1. The van der Waals surface area contributed by atoms with Gasteiger partial charge in [0.2, 0.25) is 5.91 Å². The van der Waals surface area contributed by atoms with Crippen molar-refractivity contribution in [2.45, 2.75) is 39.2 Å². The van der Waals surface area contributed by atoms with Crippen molar-refractivity contribution in [1.29, 1.82) is 0 Å². The van der Waals surface area contributed by atoms with Gasteiger partial charge in [0.05, 0.1) is 12.6 Å². The van der Waals surface area contributed by atoms with Crippen LogP contribution in [0.4, 0.5) is 11.5 Å². The molecule has 34 heavy (non-hydrogen) atoms. The molecule has 1 aromatic carbocycles. The molecule has 1 atom stereocenters. The fourth-order valence-corrected chi connectivity index (χ4v) is 3.26. The number of unbranched alkanes of at least 4 members (excludes halogenated alkanes) is 1. The van der Waals surface area contributed by atoms with Gasteiger partial charge < -0.3 is 16.0 Å². The number of hydrogen-bond donors (Lipinski definition) is 5. The van der Waals surface area contributed by atoms with Crippen LogP contribution in [0.2, 0.25) is 0 Å². The fraction of sp³-hybridized carbons (Fsp3) is 0.280. The maximum atomic E-state index is 12.6. The maximum Gasteiger partial charge on any atom is 0.327 e. The van der Waals surface area contributed by atoms with Crippen molar-refractivity contribution in [2.75, 3.05) is 11.9 Å². The number of anilines is 2. The predicted molar refractivity (Wildman–Crippen MR) is 134 cm³/mol. The molecule has 9 nitrogen and oxygen atoms in total. The molecule has 9 heteroatoms. The molecule has 0 bridgehead atoms. The Labute approximate surface area is 198 Å². The number of allylic oxidation sites excluding steroid dienone is 3. The van der Waals surface area contributed by atoms with E-state index in [1.807, 2.05) is 25.2 Å². The number of aromatic amines is 2. The second-order valence-corrected chi connectivity index (χ2v) is 7.54. The van der Waals surface area contributed by atoms with Gasteiger partial charge in [0.25, 0.3) is 11.5 Å². The Hall–Kier alpha value is -4.14. The third kappa shape index (κ3) is 8.42. The van der Waals surface area contributed by atoms with E-state index in [2.05, 4.69) is 39.4 Å². The van der Waals surface area contributed by atoms with Crippen LogP contribution in [0.3, 0.4) is 0 Å². The van der Waals surface area contributed by atoms with E-state index in [-0.39, 0.29) is 24.3 Å². The lowest BCUT2D eigenvalue weighted by Gasteiger charge is -2.20. The summed E-state index contributed by atoms with van der Waals surface area (Å²) in [5.41, 5.74) is 0.586. The molecule has 180 valence electrons. The average Bonchev–Trinajstić information content (AvgIpc) is 2.80. The van der Waals surface area contributed by atoms with Crippen LogP contribution in [0, 0.1) is 0 Å². The van der Waals surface area contributed by atoms with Crippen molar-refractivity contribution in [2.24, 2.45) is 0 Å². The highest BCUT2D eigenvalue weighted by Gasteiger charge is 2.16. The quantitative estimate of drug-likeness (QED) is 0.307. The van der Waals surface area contributed by atoms with Gasteiger partial charge in [-0.1, -0.05) is 56.7 Å². The molecule has 1 aromatic heterocycles. The van der Waals surface area contributed by atoms with E-state index in [9.17, 15) is 19.2 Å². The molecule has 0 aliphatic rings. The summed E-state index contributed by atoms with van der Waals surface area (Å²) < 4.78 is 0. The highest BCUT2D eigenvalue weighted by atomic mass is 16.2. The standard InChI is InChI=1S/C25H31N5O4/c1-4-7-10-17(6-3)20(13-8-5-2)28-23(32)16-26-24(33)18-11-9-12-19(14-18)27-21-15-22(31)30-25(34)29-21/h4,6-7,9-12,14-15,20H,1,5,8,13,16H2,2-3H3,(H,26,33)(H,28,32)(H3,27,29,30,31,34)/b10-7-,17-6+. The van der Waals surface area contributed by atoms with Crippen molar-refractivity contribution in [3.8, 4) is 0 Å². The minimum atomic E-state index is -0.645. The van der Waals surface area contributed by atoms with Gasteiger partial charge in [0.15, 0.2) is 0 Å². The first-order valence-corrected chi connectivity index (χ1v) is 11.1. The molecule has 5 N–H and O–H groups in total. The topological polar surface area (TPSA) is 136 Å². The first kappa shape index (κ1) is 26.1. The first-order chi connectivity index (χ1) is 16.4. The molecule has 0 spiro atoms. The Morgan fingerprint density at radius 1 is 1.18 bits per heavy atom. The van der Waals surface area contributed by atoms with Crippen molar-refractivity contribution >= 4 is 23.3 Å². The van der Waals surface area contributed by atoms with E-state index >= 15 is 0 Å². The van der Waals surface area contributed by atoms with Gasteiger partial charge in [-0.05, 0) is 37.1 Å². The predicted octanol–water partition coefficient (Wildman–Crippen LogP) is 2.90. The van der Waals surface area contributed by atoms with Crippen molar-refractivity contribution in [1.82, 2.24) is 20.6 Å². The molecular formula is C25H31N5O4. The average molecular weight is 466 g/mol. The van der Waals surface area contributed by atoms with E-state index < -0.39 is 17.2 Å². The summed E-state index contributed by atoms with van der Waals surface area (Å²) >= 11 is 0. The third-order valence-electron chi connectivity index (χ3n) is 4.92. The number of hydrogen-bond acceptors (Lipinski definition) is 5. The minimum Gasteiger partial charge on any atom is -0.348 e. The van der Waals surface area contributed by atoms with Gasteiger partial charge in [0.1, 0.15) is 5.82 Å². The summed E-state index contributed by atoms with van der Waals surface area (Å²) in [6.45, 7) is 7.50. The van der Waals surface area contributed by atoms with E-state index in [1.165, 1.54) is 6.07 Å². The van der Waals surface area contributed by atoms with E-state index in [0.717, 1.165) is 24.8 Å². The van der Waals surface area contributed by atoms with Gasteiger partial charge >= 0.3 is 5.69 Å². The molecule has 0 radical (unpaired) electrons. The summed E-state index contributed by atoms with van der Waals surface area (Å²) in [5.74, 6) is -0.536. The molecule has 1 heterocycles. The van der Waals surface area contributed by atoms with Gasteiger partial charge in [-0.3, -0.25) is 24.4 Å². The van der Waals surface area contributed by atoms with Crippen molar-refractivity contribution < 1.29 is 9.59 Å². The lowest BCUT2D eigenvalue weighted by molar-refractivity contribution is -0.120. The fourth-order valence-electron chi connectivity index (χ4n) is 3.26. The van der Waals surface area contributed by atoms with Gasteiger partial charge in [-0.25, -0.2) is 4.79 Å². The van der Waals surface area contributed by atoms with Crippen molar-refractivity contribution in [3.63, 3.8) is 0 Å². The van der Waals surface area contributed by atoms with Gasteiger partial charge in [-0.2, -0.15) is 0 Å². The second kappa shape index (κ2) is 13.4. The van der Waals surface area contributed by atoms with Crippen LogP contribution in [-0.2, 0) is 4.79 Å². The molecule has 2 amide bonds. The third-order valence-corrected chi connectivity index (χ3v) is 4.92. The van der Waals surface area contributed by atoms with E-state index in [0.29, 0.717) is 11.3 Å². The SMILES string of the molecule is C=C/C=C\C(=C/C)C(CCCC)NC(=O)CNC(=O)c1cccc(Nc2cc(=O)[nH]c(=O)[nH]2)c1. The molecule has 0 aliphatic carbocycles. The van der Waals surface area contributed by atoms with E-state index in [1.54, 1.807) is 30.3 Å². The smallest absolute Gasteiger partial charge is 0.327 e. The molecule has 1 unspecified atom stereocenters. The number of amides is 2. The zero-order chi connectivity index (χ0) is 24.9. The highest BCUT2D eigenvalue weighted by molar-refractivity contribution is 5.97. The number of rotatable bonds is 12. The number of carbonyl (C=O) groups excluding carboxylic acids is 2. The normalized spacial score (nSPS) is 12.2.